The number of aromatic amines is 1. The highest BCUT2D eigenvalue weighted by molar-refractivity contribution is 7.99. The molecule has 0 saturated heterocycles. The number of hydrogen-bond donors (Lipinski definition) is 2. The number of carbonyl (C=O) groups excluding carboxylic acids is 1. The van der Waals surface area contributed by atoms with E-state index in [0.29, 0.717) is 10.9 Å². The fraction of sp³-hybridized carbons (Fsp3) is 0.214. The van der Waals surface area contributed by atoms with Gasteiger partial charge in [0.1, 0.15) is 5.69 Å². The van der Waals surface area contributed by atoms with Crippen molar-refractivity contribution in [1.29, 1.82) is 0 Å². The van der Waals surface area contributed by atoms with Gasteiger partial charge in [0.2, 0.25) is 0 Å². The molecule has 0 aliphatic carbocycles. The lowest BCUT2D eigenvalue weighted by Crippen LogP contribution is -2.17. The molecule has 1 heterocycles. The van der Waals surface area contributed by atoms with E-state index in [1.165, 1.54) is 12.1 Å². The Hall–Kier alpha value is -2.08. The maximum atomic E-state index is 11.9. The number of H-pyrrole nitrogens is 1. The molecule has 5 nitrogen and oxygen atoms in total. The third kappa shape index (κ3) is 3.96. The minimum absolute atomic E-state index is 0.172. The van der Waals surface area contributed by atoms with Crippen molar-refractivity contribution in [2.75, 3.05) is 5.32 Å². The summed E-state index contributed by atoms with van der Waals surface area (Å²) in [5, 5.41) is 9.15. The van der Waals surface area contributed by atoms with Crippen molar-refractivity contribution in [3.05, 3.63) is 52.4 Å². The van der Waals surface area contributed by atoms with Gasteiger partial charge in [0.15, 0.2) is 0 Å². The molecule has 0 atom stereocenters. The second-order valence-electron chi connectivity index (χ2n) is 4.45. The Morgan fingerprint density at radius 3 is 2.45 bits per heavy atom. The molecule has 0 aliphatic heterocycles. The third-order valence-electron chi connectivity index (χ3n) is 2.40. The zero-order valence-corrected chi connectivity index (χ0v) is 12.0. The van der Waals surface area contributed by atoms with Gasteiger partial charge < -0.3 is 5.32 Å². The van der Waals surface area contributed by atoms with Crippen LogP contribution >= 0.6 is 11.8 Å². The monoisotopic (exact) mass is 289 g/mol. The number of thioether (sulfide) groups is 1. The van der Waals surface area contributed by atoms with Crippen molar-refractivity contribution < 1.29 is 4.79 Å². The third-order valence-corrected chi connectivity index (χ3v) is 3.41. The van der Waals surface area contributed by atoms with Crippen LogP contribution in [0.1, 0.15) is 24.3 Å². The molecule has 1 aromatic heterocycles. The highest BCUT2D eigenvalue weighted by Crippen LogP contribution is 2.24. The average molecular weight is 289 g/mol. The highest BCUT2D eigenvalue weighted by Gasteiger charge is 2.07. The van der Waals surface area contributed by atoms with E-state index in [9.17, 15) is 9.59 Å². The second kappa shape index (κ2) is 6.38. The van der Waals surface area contributed by atoms with E-state index >= 15 is 0 Å². The van der Waals surface area contributed by atoms with Gasteiger partial charge in [-0.3, -0.25) is 9.59 Å². The molecule has 0 aliphatic rings. The molecular weight excluding hydrogens is 274 g/mol. The minimum atomic E-state index is -0.356. The van der Waals surface area contributed by atoms with E-state index in [1.807, 2.05) is 24.3 Å². The van der Waals surface area contributed by atoms with Crippen LogP contribution in [-0.4, -0.2) is 21.4 Å². The number of rotatable bonds is 4. The molecule has 0 bridgehead atoms. The van der Waals surface area contributed by atoms with Gasteiger partial charge in [-0.2, -0.15) is 5.10 Å². The first-order valence-electron chi connectivity index (χ1n) is 6.18. The first-order chi connectivity index (χ1) is 9.54. The Kier molecular flexibility index (Phi) is 4.57. The topological polar surface area (TPSA) is 74.8 Å². The molecule has 104 valence electrons. The molecule has 6 heteroatoms. The van der Waals surface area contributed by atoms with Crippen LogP contribution in [0.25, 0.3) is 0 Å². The molecule has 1 aromatic carbocycles. The van der Waals surface area contributed by atoms with Gasteiger partial charge in [-0.15, -0.1) is 11.8 Å². The van der Waals surface area contributed by atoms with Gasteiger partial charge in [-0.05, 0) is 30.3 Å². The predicted octanol–water partition coefficient (Wildman–Crippen LogP) is 2.52. The molecule has 0 radical (unpaired) electrons. The zero-order valence-electron chi connectivity index (χ0n) is 11.2. The quantitative estimate of drug-likeness (QED) is 0.848. The fourth-order valence-corrected chi connectivity index (χ4v) is 2.39. The number of aromatic nitrogens is 2. The van der Waals surface area contributed by atoms with Crippen LogP contribution in [0.3, 0.4) is 0 Å². The van der Waals surface area contributed by atoms with Crippen molar-refractivity contribution >= 4 is 23.4 Å². The standard InChI is InChI=1S/C14H15N3O2S/c1-9(2)20-11-5-3-10(4-6-11)15-14(19)12-7-8-13(18)17-16-12/h3-9H,1-2H3,(H,15,19)(H,17,18). The molecule has 0 saturated carbocycles. The Morgan fingerprint density at radius 1 is 1.20 bits per heavy atom. The first-order valence-corrected chi connectivity index (χ1v) is 7.06. The number of benzene rings is 1. The summed E-state index contributed by atoms with van der Waals surface area (Å²) in [6.45, 7) is 4.25. The first kappa shape index (κ1) is 14.3. The fourth-order valence-electron chi connectivity index (χ4n) is 1.56. The van der Waals surface area contributed by atoms with E-state index in [0.717, 1.165) is 4.90 Å². The van der Waals surface area contributed by atoms with Crippen molar-refractivity contribution in [3.63, 3.8) is 0 Å². The molecule has 0 fully saturated rings. The Bertz CT molecular complexity index is 630. The van der Waals surface area contributed by atoms with E-state index in [-0.39, 0.29) is 17.2 Å². The summed E-state index contributed by atoms with van der Waals surface area (Å²) in [4.78, 5) is 23.9. The van der Waals surface area contributed by atoms with Crippen molar-refractivity contribution in [2.45, 2.75) is 24.0 Å². The summed E-state index contributed by atoms with van der Waals surface area (Å²) < 4.78 is 0. The Morgan fingerprint density at radius 2 is 1.90 bits per heavy atom. The van der Waals surface area contributed by atoms with Gasteiger partial charge in [0.05, 0.1) is 0 Å². The lowest BCUT2D eigenvalue weighted by molar-refractivity contribution is 0.102. The average Bonchev–Trinajstić information content (AvgIpc) is 2.41. The van der Waals surface area contributed by atoms with Gasteiger partial charge >= 0.3 is 0 Å². The maximum absolute atomic E-state index is 11.9. The number of nitrogens with one attached hydrogen (secondary N) is 2. The van der Waals surface area contributed by atoms with Gasteiger partial charge in [0, 0.05) is 21.9 Å². The van der Waals surface area contributed by atoms with E-state index in [1.54, 1.807) is 11.8 Å². The van der Waals surface area contributed by atoms with Crippen LogP contribution < -0.4 is 10.9 Å². The SMILES string of the molecule is CC(C)Sc1ccc(NC(=O)c2ccc(=O)[nH]n2)cc1. The van der Waals surface area contributed by atoms with Crippen LogP contribution in [0, 0.1) is 0 Å². The summed E-state index contributed by atoms with van der Waals surface area (Å²) in [6, 6.07) is 10.3. The molecular formula is C14H15N3O2S. The summed E-state index contributed by atoms with van der Waals surface area (Å²) in [5.74, 6) is -0.356. The lowest BCUT2D eigenvalue weighted by atomic mass is 10.3. The number of carbonyl (C=O) groups is 1. The van der Waals surface area contributed by atoms with Crippen molar-refractivity contribution in [2.24, 2.45) is 0 Å². The van der Waals surface area contributed by atoms with Crippen LogP contribution in [0.2, 0.25) is 0 Å². The zero-order chi connectivity index (χ0) is 14.5. The van der Waals surface area contributed by atoms with Crippen molar-refractivity contribution in [3.8, 4) is 0 Å². The van der Waals surface area contributed by atoms with Crippen LogP contribution in [0.15, 0.2) is 46.1 Å². The number of hydrogen-bond acceptors (Lipinski definition) is 4. The molecule has 0 spiro atoms. The van der Waals surface area contributed by atoms with Gasteiger partial charge in [-0.25, -0.2) is 5.10 Å². The predicted molar refractivity (Wildman–Crippen MR) is 80.2 cm³/mol. The largest absolute Gasteiger partial charge is 0.321 e. The van der Waals surface area contributed by atoms with E-state index in [2.05, 4.69) is 29.4 Å². The number of amides is 1. The summed E-state index contributed by atoms with van der Waals surface area (Å²) in [7, 11) is 0. The molecule has 2 N–H and O–H groups in total. The number of anilines is 1. The Balaban J connectivity index is 2.04. The maximum Gasteiger partial charge on any atom is 0.276 e. The molecule has 20 heavy (non-hydrogen) atoms. The normalized spacial score (nSPS) is 10.6. The second-order valence-corrected chi connectivity index (χ2v) is 6.10. The summed E-state index contributed by atoms with van der Waals surface area (Å²) in [6.07, 6.45) is 0. The van der Waals surface area contributed by atoms with E-state index in [4.69, 9.17) is 0 Å². The summed E-state index contributed by atoms with van der Waals surface area (Å²) >= 11 is 1.76. The summed E-state index contributed by atoms with van der Waals surface area (Å²) in [5.41, 5.74) is 0.526. The number of nitrogens with zero attached hydrogens (tertiary/aromatic N) is 1. The van der Waals surface area contributed by atoms with Gasteiger partial charge in [-0.1, -0.05) is 13.8 Å². The Labute approximate surface area is 120 Å². The van der Waals surface area contributed by atoms with Crippen LogP contribution in [0.4, 0.5) is 5.69 Å². The minimum Gasteiger partial charge on any atom is -0.321 e. The van der Waals surface area contributed by atoms with Gasteiger partial charge in [0.25, 0.3) is 11.5 Å². The lowest BCUT2D eigenvalue weighted by Gasteiger charge is -2.07. The highest BCUT2D eigenvalue weighted by atomic mass is 32.2. The molecule has 2 rings (SSSR count). The molecule has 0 unspecified atom stereocenters. The molecule has 2 aromatic rings. The van der Waals surface area contributed by atoms with Crippen LogP contribution in [0.5, 0.6) is 0 Å². The van der Waals surface area contributed by atoms with Crippen molar-refractivity contribution in [1.82, 2.24) is 10.2 Å². The van der Waals surface area contributed by atoms with Crippen LogP contribution in [-0.2, 0) is 0 Å². The van der Waals surface area contributed by atoms with E-state index < -0.39 is 0 Å². The smallest absolute Gasteiger partial charge is 0.276 e. The molecule has 1 amide bonds.